The van der Waals surface area contributed by atoms with Gasteiger partial charge in [0.2, 0.25) is 0 Å². The van der Waals surface area contributed by atoms with Gasteiger partial charge in [-0.25, -0.2) is 0 Å². The molecule has 2 aromatic carbocycles. The first-order chi connectivity index (χ1) is 16.2. The summed E-state index contributed by atoms with van der Waals surface area (Å²) in [5, 5.41) is 0. The van der Waals surface area contributed by atoms with Gasteiger partial charge in [-0.1, -0.05) is 12.1 Å². The number of hydrogen-bond donors (Lipinski definition) is 0. The molecule has 2 rings (SSSR count). The Morgan fingerprint density at radius 3 is 1.68 bits per heavy atom. The second kappa shape index (κ2) is 12.6. The Bertz CT molecular complexity index is 1020. The molecule has 0 aliphatic rings. The molecule has 0 aliphatic heterocycles. The van der Waals surface area contributed by atoms with E-state index in [4.69, 9.17) is 28.4 Å². The number of ether oxygens (including phenoxy) is 6. The summed E-state index contributed by atoms with van der Waals surface area (Å²) in [4.78, 5) is 34.4. The van der Waals surface area contributed by atoms with Gasteiger partial charge in [0.05, 0.1) is 20.3 Å². The Morgan fingerprint density at radius 2 is 1.24 bits per heavy atom. The van der Waals surface area contributed by atoms with E-state index < -0.39 is 29.9 Å². The van der Waals surface area contributed by atoms with Crippen LogP contribution in [0.2, 0.25) is 0 Å². The summed E-state index contributed by atoms with van der Waals surface area (Å²) in [6.45, 7) is 6.17. The first-order valence-corrected chi connectivity index (χ1v) is 10.7. The van der Waals surface area contributed by atoms with Crippen LogP contribution in [0.1, 0.15) is 50.8 Å². The van der Waals surface area contributed by atoms with Crippen molar-refractivity contribution in [1.29, 1.82) is 0 Å². The minimum atomic E-state index is -0.561. The van der Waals surface area contributed by atoms with Crippen molar-refractivity contribution in [2.75, 3.05) is 27.4 Å². The fourth-order valence-electron chi connectivity index (χ4n) is 3.44. The van der Waals surface area contributed by atoms with E-state index in [1.54, 1.807) is 36.4 Å². The maximum Gasteiger partial charge on any atom is 0.308 e. The van der Waals surface area contributed by atoms with E-state index in [0.717, 1.165) is 11.1 Å². The standard InChI is InChI=1S/C25H30O9/c1-7-31-25(19-9-11-22(34-17(4)28)24(13-19)30-6)20(14-32-15(2)26)18-8-10-21(33-16(3)27)23(12-18)29-5/h8-13,20,25H,7,14H2,1-6H3/t20-,25+/m1/s1. The molecule has 0 bridgehead atoms. The van der Waals surface area contributed by atoms with Crippen LogP contribution in [0.15, 0.2) is 36.4 Å². The number of carbonyl (C=O) groups is 3. The highest BCUT2D eigenvalue weighted by atomic mass is 16.6. The zero-order valence-corrected chi connectivity index (χ0v) is 20.2. The van der Waals surface area contributed by atoms with Crippen molar-refractivity contribution in [2.24, 2.45) is 0 Å². The van der Waals surface area contributed by atoms with E-state index >= 15 is 0 Å². The minimum Gasteiger partial charge on any atom is -0.493 e. The third kappa shape index (κ3) is 7.21. The molecule has 0 fully saturated rings. The van der Waals surface area contributed by atoms with Crippen molar-refractivity contribution in [3.05, 3.63) is 47.5 Å². The van der Waals surface area contributed by atoms with Gasteiger partial charge in [-0.15, -0.1) is 0 Å². The van der Waals surface area contributed by atoms with Crippen molar-refractivity contribution in [1.82, 2.24) is 0 Å². The van der Waals surface area contributed by atoms with Crippen LogP contribution in [0.3, 0.4) is 0 Å². The molecule has 0 amide bonds. The van der Waals surface area contributed by atoms with E-state index in [-0.39, 0.29) is 18.1 Å². The maximum atomic E-state index is 11.6. The SMILES string of the molecule is CCO[C@@H](c1ccc(OC(C)=O)c(OC)c1)[C@H](COC(C)=O)c1ccc(OC(C)=O)c(OC)c1. The lowest BCUT2D eigenvalue weighted by atomic mass is 9.89. The quantitative estimate of drug-likeness (QED) is 0.353. The van der Waals surface area contributed by atoms with Crippen molar-refractivity contribution < 1.29 is 42.8 Å². The first-order valence-electron chi connectivity index (χ1n) is 10.7. The van der Waals surface area contributed by atoms with Gasteiger partial charge in [-0.05, 0) is 42.3 Å². The molecule has 0 unspecified atom stereocenters. The molecule has 2 atom stereocenters. The first kappa shape index (κ1) is 26.7. The molecular weight excluding hydrogens is 444 g/mol. The van der Waals surface area contributed by atoms with E-state index in [1.807, 2.05) is 6.92 Å². The molecule has 2 aromatic rings. The summed E-state index contributed by atoms with van der Waals surface area (Å²) < 4.78 is 32.6. The van der Waals surface area contributed by atoms with Gasteiger partial charge in [0.25, 0.3) is 0 Å². The monoisotopic (exact) mass is 474 g/mol. The molecule has 0 saturated heterocycles. The molecule has 9 heteroatoms. The number of hydrogen-bond acceptors (Lipinski definition) is 9. The van der Waals surface area contributed by atoms with Crippen molar-refractivity contribution in [3.63, 3.8) is 0 Å². The normalized spacial score (nSPS) is 12.3. The highest BCUT2D eigenvalue weighted by Crippen LogP contribution is 2.41. The van der Waals surface area contributed by atoms with Crippen LogP contribution in [0.4, 0.5) is 0 Å². The van der Waals surface area contributed by atoms with Gasteiger partial charge < -0.3 is 28.4 Å². The highest BCUT2D eigenvalue weighted by molar-refractivity contribution is 5.71. The fraction of sp³-hybridized carbons (Fsp3) is 0.400. The zero-order valence-electron chi connectivity index (χ0n) is 20.2. The largest absolute Gasteiger partial charge is 0.493 e. The smallest absolute Gasteiger partial charge is 0.308 e. The minimum absolute atomic E-state index is 0.0179. The average Bonchev–Trinajstić information content (AvgIpc) is 2.78. The zero-order chi connectivity index (χ0) is 25.3. The summed E-state index contributed by atoms with van der Waals surface area (Å²) in [6, 6.07) is 10.2. The molecule has 0 aromatic heterocycles. The third-order valence-corrected chi connectivity index (χ3v) is 4.82. The summed E-state index contributed by atoms with van der Waals surface area (Å²) >= 11 is 0. The number of carbonyl (C=O) groups excluding carboxylic acids is 3. The van der Waals surface area contributed by atoms with Gasteiger partial charge in [0, 0.05) is 33.3 Å². The predicted molar refractivity (Wildman–Crippen MR) is 122 cm³/mol. The van der Waals surface area contributed by atoms with Crippen LogP contribution in [0.5, 0.6) is 23.0 Å². The molecule has 9 nitrogen and oxygen atoms in total. The van der Waals surface area contributed by atoms with E-state index in [1.165, 1.54) is 35.0 Å². The molecule has 0 spiro atoms. The van der Waals surface area contributed by atoms with Crippen molar-refractivity contribution >= 4 is 17.9 Å². The van der Waals surface area contributed by atoms with Gasteiger partial charge in [-0.2, -0.15) is 0 Å². The van der Waals surface area contributed by atoms with Crippen molar-refractivity contribution in [3.8, 4) is 23.0 Å². The van der Waals surface area contributed by atoms with Gasteiger partial charge >= 0.3 is 17.9 Å². The second-order valence-electron chi connectivity index (χ2n) is 7.29. The van der Waals surface area contributed by atoms with Gasteiger partial charge in [0.15, 0.2) is 23.0 Å². The summed E-state index contributed by atoms with van der Waals surface area (Å²) in [6.07, 6.45) is -0.561. The Hall–Kier alpha value is -3.59. The van der Waals surface area contributed by atoms with Gasteiger partial charge in [0.1, 0.15) is 6.61 Å². The lowest BCUT2D eigenvalue weighted by molar-refractivity contribution is -0.142. The molecule has 0 aliphatic carbocycles. The Kier molecular flexibility index (Phi) is 9.88. The molecular formula is C25H30O9. The molecule has 184 valence electrons. The molecule has 0 saturated carbocycles. The molecule has 0 N–H and O–H groups in total. The number of esters is 3. The second-order valence-corrected chi connectivity index (χ2v) is 7.29. The highest BCUT2D eigenvalue weighted by Gasteiger charge is 2.29. The summed E-state index contributed by atoms with van der Waals surface area (Å²) in [5.41, 5.74) is 1.45. The van der Waals surface area contributed by atoms with E-state index in [0.29, 0.717) is 18.1 Å². The Morgan fingerprint density at radius 1 is 0.735 bits per heavy atom. The molecule has 34 heavy (non-hydrogen) atoms. The number of benzene rings is 2. The predicted octanol–water partition coefficient (Wildman–Crippen LogP) is 3.98. The van der Waals surface area contributed by atoms with Crippen molar-refractivity contribution in [2.45, 2.75) is 39.7 Å². The lowest BCUT2D eigenvalue weighted by Gasteiger charge is -2.28. The van der Waals surface area contributed by atoms with Crippen LogP contribution in [-0.4, -0.2) is 45.3 Å². The van der Waals surface area contributed by atoms with E-state index in [2.05, 4.69) is 0 Å². The van der Waals surface area contributed by atoms with Crippen LogP contribution >= 0.6 is 0 Å². The van der Waals surface area contributed by atoms with E-state index in [9.17, 15) is 14.4 Å². The molecule has 0 heterocycles. The third-order valence-electron chi connectivity index (χ3n) is 4.82. The summed E-state index contributed by atoms with van der Waals surface area (Å²) in [7, 11) is 2.93. The average molecular weight is 475 g/mol. The fourth-order valence-corrected chi connectivity index (χ4v) is 3.44. The topological polar surface area (TPSA) is 107 Å². The van der Waals surface area contributed by atoms with Crippen LogP contribution in [0.25, 0.3) is 0 Å². The van der Waals surface area contributed by atoms with Gasteiger partial charge in [-0.3, -0.25) is 14.4 Å². The summed E-state index contributed by atoms with van der Waals surface area (Å²) in [5.74, 6) is -0.594. The Labute approximate surface area is 198 Å². The maximum absolute atomic E-state index is 11.6. The Balaban J connectivity index is 2.56. The number of rotatable bonds is 11. The van der Waals surface area contributed by atoms with Crippen LogP contribution in [-0.2, 0) is 23.9 Å². The number of methoxy groups -OCH3 is 2. The van der Waals surface area contributed by atoms with Crippen LogP contribution < -0.4 is 18.9 Å². The lowest BCUT2D eigenvalue weighted by Crippen LogP contribution is -2.21. The molecule has 0 radical (unpaired) electrons. The van der Waals surface area contributed by atoms with Crippen LogP contribution in [0, 0.1) is 0 Å².